The van der Waals surface area contributed by atoms with Gasteiger partial charge >= 0.3 is 7.12 Å². The van der Waals surface area contributed by atoms with Crippen LogP contribution in [0.4, 0.5) is 0 Å². The monoisotopic (exact) mass is 275 g/mol. The maximum atomic E-state index is 6.27. The van der Waals surface area contributed by atoms with Crippen molar-refractivity contribution in [2.75, 3.05) is 19.8 Å². The minimum Gasteiger partial charge on any atom is -0.497 e. The van der Waals surface area contributed by atoms with Crippen LogP contribution in [-0.4, -0.2) is 33.0 Å². The third-order valence-corrected chi connectivity index (χ3v) is 3.39. The van der Waals surface area contributed by atoms with Gasteiger partial charge in [0.1, 0.15) is 6.61 Å². The Morgan fingerprint density at radius 1 is 1.47 bits per heavy atom. The molecule has 3 rings (SSSR count). The van der Waals surface area contributed by atoms with Crippen LogP contribution in [0.2, 0.25) is 0 Å². The quantitative estimate of drug-likeness (QED) is 0.730. The average Bonchev–Trinajstić information content (AvgIpc) is 2.57. The predicted molar refractivity (Wildman–Crippen MR) is 67.9 cm³/mol. The molecule has 0 aromatic heterocycles. The van der Waals surface area contributed by atoms with Gasteiger partial charge in [0.05, 0.1) is 24.0 Å². The number of nitrogens with two attached hydrogens (primary N) is 1. The Morgan fingerprint density at radius 3 is 3.06 bits per heavy atom. The Labute approximate surface area is 111 Å². The molecule has 0 fully saturated rings. The smallest absolute Gasteiger partial charge is 0.495 e. The van der Waals surface area contributed by atoms with Crippen LogP contribution in [0.5, 0.6) is 0 Å². The van der Waals surface area contributed by atoms with E-state index in [-0.39, 0.29) is 25.6 Å². The Hall–Kier alpha value is -0.455. The minimum absolute atomic E-state index is 0. The maximum Gasteiger partial charge on any atom is 0.495 e. The Morgan fingerprint density at radius 2 is 2.29 bits per heavy atom. The molecule has 0 aromatic rings. The standard InChI is InChI=1S/C10H11BClNO3.ClH/c12-10-7-1-2-14-4-6-5-15-11(9(6)7)16-8(10)3-13;/h1-2,8H,3-5,13H2;1H. The lowest BCUT2D eigenvalue weighted by Crippen LogP contribution is -2.38. The molecule has 3 aliphatic heterocycles. The summed E-state index contributed by atoms with van der Waals surface area (Å²) in [5.41, 5.74) is 8.67. The van der Waals surface area contributed by atoms with Crippen molar-refractivity contribution in [1.82, 2.24) is 0 Å². The average molecular weight is 276 g/mol. The summed E-state index contributed by atoms with van der Waals surface area (Å²) >= 11 is 6.27. The van der Waals surface area contributed by atoms with Crippen molar-refractivity contribution in [2.24, 2.45) is 5.73 Å². The molecule has 17 heavy (non-hydrogen) atoms. The second-order valence-corrected chi connectivity index (χ2v) is 4.30. The Bertz CT molecular complexity index is 422. The van der Waals surface area contributed by atoms with Crippen molar-refractivity contribution < 1.29 is 14.0 Å². The molecular formula is C10H12BCl2NO3. The molecular weight excluding hydrogens is 264 g/mol. The lowest BCUT2D eigenvalue weighted by atomic mass is 9.70. The van der Waals surface area contributed by atoms with E-state index in [1.165, 1.54) is 0 Å². The third-order valence-electron chi connectivity index (χ3n) is 2.95. The van der Waals surface area contributed by atoms with Gasteiger partial charge in [0, 0.05) is 6.54 Å². The maximum absolute atomic E-state index is 6.27. The van der Waals surface area contributed by atoms with Crippen molar-refractivity contribution in [3.05, 3.63) is 34.0 Å². The van der Waals surface area contributed by atoms with Crippen LogP contribution < -0.4 is 5.73 Å². The molecule has 1 unspecified atom stereocenters. The highest BCUT2D eigenvalue weighted by Crippen LogP contribution is 2.38. The van der Waals surface area contributed by atoms with Gasteiger partial charge in [0.25, 0.3) is 0 Å². The van der Waals surface area contributed by atoms with E-state index in [4.69, 9.17) is 31.4 Å². The van der Waals surface area contributed by atoms with Crippen LogP contribution in [-0.2, 0) is 14.0 Å². The van der Waals surface area contributed by atoms with Crippen LogP contribution in [0.3, 0.4) is 0 Å². The zero-order chi connectivity index (χ0) is 11.1. The van der Waals surface area contributed by atoms with E-state index in [0.29, 0.717) is 24.8 Å². The molecule has 0 saturated carbocycles. The zero-order valence-electron chi connectivity index (χ0n) is 9.02. The van der Waals surface area contributed by atoms with Gasteiger partial charge in [-0.2, -0.15) is 0 Å². The highest BCUT2D eigenvalue weighted by atomic mass is 35.5. The Balaban J connectivity index is 0.00000108. The molecule has 0 aliphatic carbocycles. The predicted octanol–water partition coefficient (Wildman–Crippen LogP) is 1.16. The fourth-order valence-corrected chi connectivity index (χ4v) is 2.46. The largest absolute Gasteiger partial charge is 0.497 e. The molecule has 0 saturated heterocycles. The third kappa shape index (κ3) is 2.02. The molecule has 2 N–H and O–H groups in total. The van der Waals surface area contributed by atoms with E-state index in [0.717, 1.165) is 16.6 Å². The van der Waals surface area contributed by atoms with E-state index in [9.17, 15) is 0 Å². The molecule has 1 atom stereocenters. The van der Waals surface area contributed by atoms with E-state index in [1.807, 2.05) is 6.08 Å². The second kappa shape index (κ2) is 5.04. The van der Waals surface area contributed by atoms with Crippen LogP contribution in [0.25, 0.3) is 0 Å². The van der Waals surface area contributed by atoms with Crippen LogP contribution >= 0.6 is 24.0 Å². The highest BCUT2D eigenvalue weighted by molar-refractivity contribution is 6.58. The number of hydrogen-bond acceptors (Lipinski definition) is 4. The highest BCUT2D eigenvalue weighted by Gasteiger charge is 2.43. The van der Waals surface area contributed by atoms with Gasteiger partial charge in [-0.15, -0.1) is 12.4 Å². The van der Waals surface area contributed by atoms with Crippen LogP contribution in [0, 0.1) is 0 Å². The second-order valence-electron chi connectivity index (χ2n) is 3.90. The first-order valence-electron chi connectivity index (χ1n) is 5.18. The lowest BCUT2D eigenvalue weighted by molar-refractivity contribution is 0.180. The normalized spacial score (nSPS) is 26.5. The summed E-state index contributed by atoms with van der Waals surface area (Å²) in [6.07, 6.45) is 3.23. The molecule has 0 bridgehead atoms. The first-order valence-corrected chi connectivity index (χ1v) is 5.56. The van der Waals surface area contributed by atoms with Gasteiger partial charge in [-0.05, 0) is 22.7 Å². The molecule has 3 aliphatic rings. The minimum atomic E-state index is -0.340. The molecule has 0 aromatic carbocycles. The van der Waals surface area contributed by atoms with Gasteiger partial charge in [0.2, 0.25) is 0 Å². The molecule has 4 nitrogen and oxygen atoms in total. The van der Waals surface area contributed by atoms with E-state index in [1.54, 1.807) is 6.26 Å². The topological polar surface area (TPSA) is 53.7 Å². The molecule has 92 valence electrons. The van der Waals surface area contributed by atoms with Crippen molar-refractivity contribution in [1.29, 1.82) is 0 Å². The summed E-state index contributed by atoms with van der Waals surface area (Å²) in [6.45, 7) is 1.42. The van der Waals surface area contributed by atoms with Crippen molar-refractivity contribution in [3.8, 4) is 0 Å². The first-order chi connectivity index (χ1) is 7.81. The van der Waals surface area contributed by atoms with E-state index in [2.05, 4.69) is 0 Å². The van der Waals surface area contributed by atoms with Gasteiger partial charge in [-0.1, -0.05) is 11.6 Å². The summed E-state index contributed by atoms with van der Waals surface area (Å²) in [5.74, 6) is 0. The van der Waals surface area contributed by atoms with E-state index < -0.39 is 0 Å². The number of allylic oxidation sites excluding steroid dienone is 3. The summed E-state index contributed by atoms with van der Waals surface area (Å²) in [4.78, 5) is 0. The van der Waals surface area contributed by atoms with Crippen LogP contribution in [0.15, 0.2) is 34.0 Å². The van der Waals surface area contributed by atoms with Gasteiger partial charge in [-0.25, -0.2) is 0 Å². The Kier molecular flexibility index (Phi) is 3.85. The number of rotatable bonds is 1. The SMILES string of the molecule is Cl.NCC1OB2OCC3=C2C(=C1Cl)C=COC3. The molecule has 3 heterocycles. The molecule has 0 amide bonds. The van der Waals surface area contributed by atoms with Crippen molar-refractivity contribution >= 4 is 31.1 Å². The number of ether oxygens (including phenoxy) is 1. The van der Waals surface area contributed by atoms with Gasteiger partial charge in [0.15, 0.2) is 0 Å². The van der Waals surface area contributed by atoms with Crippen molar-refractivity contribution in [3.63, 3.8) is 0 Å². The lowest BCUT2D eigenvalue weighted by Gasteiger charge is -2.27. The van der Waals surface area contributed by atoms with Gasteiger partial charge in [-0.3, -0.25) is 0 Å². The summed E-state index contributed by atoms with van der Waals surface area (Å²) < 4.78 is 16.6. The molecule has 0 spiro atoms. The van der Waals surface area contributed by atoms with E-state index >= 15 is 0 Å². The zero-order valence-corrected chi connectivity index (χ0v) is 10.6. The summed E-state index contributed by atoms with van der Waals surface area (Å²) in [6, 6.07) is 0. The molecule has 0 radical (unpaired) electrons. The van der Waals surface area contributed by atoms with Crippen molar-refractivity contribution in [2.45, 2.75) is 6.10 Å². The summed E-state index contributed by atoms with van der Waals surface area (Å²) in [7, 11) is -0.340. The number of hydrogen-bond donors (Lipinski definition) is 1. The fourth-order valence-electron chi connectivity index (χ4n) is 2.15. The summed E-state index contributed by atoms with van der Waals surface area (Å²) in [5, 5.41) is 0.638. The number of halogens is 2. The first kappa shape index (κ1) is 13.0. The fraction of sp³-hybridized carbons (Fsp3) is 0.400. The van der Waals surface area contributed by atoms with Gasteiger partial charge < -0.3 is 19.8 Å². The van der Waals surface area contributed by atoms with Crippen LogP contribution in [0.1, 0.15) is 0 Å². The molecule has 7 heteroatoms.